The first-order chi connectivity index (χ1) is 13.3. The molecule has 11 heteroatoms. The summed E-state index contributed by atoms with van der Waals surface area (Å²) in [6.45, 7) is 0.679. The minimum Gasteiger partial charge on any atom is -0.331 e. The van der Waals surface area contributed by atoms with E-state index in [9.17, 15) is 21.6 Å². The normalized spacial score (nSPS) is 22.3. The quantitative estimate of drug-likeness (QED) is 0.765. The van der Waals surface area contributed by atoms with Gasteiger partial charge < -0.3 is 10.2 Å². The molecular weight excluding hydrogens is 404 g/mol. The Labute approximate surface area is 163 Å². The molecule has 0 saturated carbocycles. The fourth-order valence-electron chi connectivity index (χ4n) is 3.23. The predicted octanol–water partition coefficient (Wildman–Crippen LogP) is 0.663. The number of amidine groups is 1. The average molecular weight is 422 g/mol. The van der Waals surface area contributed by atoms with Gasteiger partial charge in [-0.25, -0.2) is 16.8 Å². The number of carbonyl (C=O) groups excluding carboxylic acids is 1. The van der Waals surface area contributed by atoms with Crippen LogP contribution in [-0.2, 0) is 24.8 Å². The number of anilines is 2. The Morgan fingerprint density at radius 2 is 1.79 bits per heavy atom. The Hall–Kier alpha value is -2.66. The third kappa shape index (κ3) is 3.54. The number of sulfonamides is 2. The van der Waals surface area contributed by atoms with Crippen LogP contribution in [0.1, 0.15) is 6.42 Å². The highest BCUT2D eigenvalue weighted by Crippen LogP contribution is 2.26. The lowest BCUT2D eigenvalue weighted by Crippen LogP contribution is -2.40. The third-order valence-corrected chi connectivity index (χ3v) is 7.63. The van der Waals surface area contributed by atoms with E-state index in [1.807, 2.05) is 0 Å². The van der Waals surface area contributed by atoms with Gasteiger partial charge in [-0.15, -0.1) is 4.40 Å². The highest BCUT2D eigenvalue weighted by molar-refractivity contribution is 7.93. The fraction of sp³-hybridized carbons (Fsp3) is 0.294. The van der Waals surface area contributed by atoms with Crippen LogP contribution in [0.15, 0.2) is 52.6 Å². The molecule has 0 radical (unpaired) electrons. The molecule has 1 N–H and O–H groups in total. The molecule has 1 amide bonds. The summed E-state index contributed by atoms with van der Waals surface area (Å²) in [4.78, 5) is 14.3. The van der Waals surface area contributed by atoms with Crippen LogP contribution < -0.4 is 9.62 Å². The van der Waals surface area contributed by atoms with Crippen molar-refractivity contribution in [3.05, 3.63) is 48.2 Å². The molecule has 9 nitrogen and oxygen atoms in total. The van der Waals surface area contributed by atoms with E-state index in [-0.39, 0.29) is 29.5 Å². The molecule has 0 spiro atoms. The number of rotatable bonds is 3. The molecule has 1 saturated heterocycles. The fourth-order valence-corrected chi connectivity index (χ4v) is 5.78. The summed E-state index contributed by atoms with van der Waals surface area (Å²) in [5.74, 6) is -0.358. The van der Waals surface area contributed by atoms with Crippen molar-refractivity contribution in [2.45, 2.75) is 6.42 Å². The Balaban J connectivity index is 1.53. The zero-order valence-corrected chi connectivity index (χ0v) is 16.4. The van der Waals surface area contributed by atoms with Crippen molar-refractivity contribution >= 4 is 43.2 Å². The van der Waals surface area contributed by atoms with Crippen molar-refractivity contribution in [3.63, 3.8) is 0 Å². The number of hydrogen-bond acceptors (Lipinski definition) is 6. The van der Waals surface area contributed by atoms with Gasteiger partial charge in [0.25, 0.3) is 15.9 Å². The van der Waals surface area contributed by atoms with Crippen molar-refractivity contribution in [1.29, 1.82) is 0 Å². The average Bonchev–Trinajstić information content (AvgIpc) is 3.00. The number of fused-ring (bicyclic) bond motifs is 1. The summed E-state index contributed by atoms with van der Waals surface area (Å²) in [5, 5.41) is 2.70. The van der Waals surface area contributed by atoms with E-state index in [1.54, 1.807) is 41.4 Å². The highest BCUT2D eigenvalue weighted by atomic mass is 32.2. The number of nitrogens with one attached hydrogen (secondary N) is 1. The van der Waals surface area contributed by atoms with Gasteiger partial charge in [-0.1, -0.05) is 0 Å². The number of amides is 1. The molecule has 0 aromatic heterocycles. The maximum absolute atomic E-state index is 12.7. The van der Waals surface area contributed by atoms with E-state index in [4.69, 9.17) is 0 Å². The first-order valence-electron chi connectivity index (χ1n) is 8.65. The van der Waals surface area contributed by atoms with Crippen LogP contribution in [0.3, 0.4) is 0 Å². The topological polar surface area (TPSA) is 116 Å². The van der Waals surface area contributed by atoms with Gasteiger partial charge in [-0.05, 0) is 42.8 Å². The van der Waals surface area contributed by atoms with Gasteiger partial charge in [0.2, 0.25) is 10.0 Å². The van der Waals surface area contributed by atoms with Crippen molar-refractivity contribution in [2.75, 3.05) is 34.2 Å². The number of benzene rings is 1. The summed E-state index contributed by atoms with van der Waals surface area (Å²) >= 11 is 0. The molecule has 3 aliphatic rings. The Morgan fingerprint density at radius 3 is 2.46 bits per heavy atom. The Kier molecular flexibility index (Phi) is 4.50. The summed E-state index contributed by atoms with van der Waals surface area (Å²) < 4.78 is 52.7. The number of nitrogens with zero attached hydrogens (tertiary/aromatic N) is 3. The monoisotopic (exact) mass is 422 g/mol. The lowest BCUT2D eigenvalue weighted by atomic mass is 10.1. The molecular formula is C17H18N4O5S2. The van der Waals surface area contributed by atoms with Crippen molar-refractivity contribution in [3.8, 4) is 0 Å². The molecule has 0 atom stereocenters. The van der Waals surface area contributed by atoms with Crippen LogP contribution in [0.25, 0.3) is 0 Å². The first-order valence-corrected chi connectivity index (χ1v) is 11.9. The van der Waals surface area contributed by atoms with Gasteiger partial charge in [-0.3, -0.25) is 9.10 Å². The highest BCUT2D eigenvalue weighted by Gasteiger charge is 2.30. The van der Waals surface area contributed by atoms with Gasteiger partial charge in [0.15, 0.2) is 5.84 Å². The van der Waals surface area contributed by atoms with E-state index < -0.39 is 26.0 Å². The second-order valence-electron chi connectivity index (χ2n) is 6.56. The number of allylic oxidation sites excluding steroid dienone is 2. The van der Waals surface area contributed by atoms with Crippen molar-refractivity contribution < 1.29 is 21.6 Å². The maximum Gasteiger partial charge on any atom is 0.259 e. The molecule has 1 fully saturated rings. The molecule has 0 bridgehead atoms. The van der Waals surface area contributed by atoms with Crippen LogP contribution >= 0.6 is 0 Å². The summed E-state index contributed by atoms with van der Waals surface area (Å²) in [6, 6.07) is 6.47. The maximum atomic E-state index is 12.7. The van der Waals surface area contributed by atoms with Crippen LogP contribution in [-0.4, -0.2) is 58.1 Å². The van der Waals surface area contributed by atoms with Gasteiger partial charge in [0, 0.05) is 25.0 Å². The van der Waals surface area contributed by atoms with Gasteiger partial charge in [0.05, 0.1) is 22.8 Å². The summed E-state index contributed by atoms with van der Waals surface area (Å²) in [7, 11) is -6.86. The molecule has 148 valence electrons. The van der Waals surface area contributed by atoms with E-state index in [1.165, 1.54) is 10.4 Å². The minimum absolute atomic E-state index is 0.101. The van der Waals surface area contributed by atoms with Gasteiger partial charge in [-0.2, -0.15) is 0 Å². The standard InChI is InChI=1S/C17H18N4O5S2/c22-17(15-3-1-8-20-10-12-27(23,24)19-16(15)20)18-13-4-6-14(7-5-13)21-9-2-11-28(21,25)26/h1,3-8H,2,9-12H2,(H,18,22). The summed E-state index contributed by atoms with van der Waals surface area (Å²) in [5.41, 5.74) is 1.16. The molecule has 3 heterocycles. The third-order valence-electron chi connectivity index (χ3n) is 4.61. The minimum atomic E-state index is -3.59. The SMILES string of the molecule is O=C(Nc1ccc(N2CCCS2(=O)=O)cc1)C1=CC=CN2CCS(=O)(=O)N=C12. The molecule has 4 rings (SSSR count). The Bertz CT molecular complexity index is 1120. The van der Waals surface area contributed by atoms with Crippen molar-refractivity contribution in [1.82, 2.24) is 4.90 Å². The summed E-state index contributed by atoms with van der Waals surface area (Å²) in [6.07, 6.45) is 5.43. The Morgan fingerprint density at radius 1 is 1.04 bits per heavy atom. The zero-order valence-electron chi connectivity index (χ0n) is 14.8. The van der Waals surface area contributed by atoms with E-state index in [0.717, 1.165) is 0 Å². The second-order valence-corrected chi connectivity index (χ2v) is 10.3. The lowest BCUT2D eigenvalue weighted by molar-refractivity contribution is -0.112. The molecule has 1 aromatic rings. The van der Waals surface area contributed by atoms with Crippen LogP contribution in [0.5, 0.6) is 0 Å². The van der Waals surface area contributed by atoms with E-state index >= 15 is 0 Å². The molecule has 3 aliphatic heterocycles. The lowest BCUT2D eigenvalue weighted by Gasteiger charge is -2.28. The van der Waals surface area contributed by atoms with E-state index in [2.05, 4.69) is 9.71 Å². The second kappa shape index (κ2) is 6.74. The van der Waals surface area contributed by atoms with Crippen LogP contribution in [0, 0.1) is 0 Å². The zero-order chi connectivity index (χ0) is 19.9. The van der Waals surface area contributed by atoms with Crippen LogP contribution in [0.2, 0.25) is 0 Å². The largest absolute Gasteiger partial charge is 0.331 e. The van der Waals surface area contributed by atoms with E-state index in [0.29, 0.717) is 24.3 Å². The number of carbonyl (C=O) groups is 1. The molecule has 1 aromatic carbocycles. The first kappa shape index (κ1) is 18.7. The van der Waals surface area contributed by atoms with Crippen LogP contribution in [0.4, 0.5) is 11.4 Å². The molecule has 28 heavy (non-hydrogen) atoms. The van der Waals surface area contributed by atoms with Crippen molar-refractivity contribution in [2.24, 2.45) is 4.40 Å². The van der Waals surface area contributed by atoms with Gasteiger partial charge >= 0.3 is 0 Å². The molecule has 0 unspecified atom stereocenters. The predicted molar refractivity (Wildman–Crippen MR) is 106 cm³/mol. The smallest absolute Gasteiger partial charge is 0.259 e. The number of hydrogen-bond donors (Lipinski definition) is 1. The molecule has 0 aliphatic carbocycles. The van der Waals surface area contributed by atoms with Gasteiger partial charge in [0.1, 0.15) is 0 Å².